The highest BCUT2D eigenvalue weighted by molar-refractivity contribution is 5.69. The van der Waals surface area contributed by atoms with Gasteiger partial charge in [-0.3, -0.25) is 4.79 Å². The zero-order valence-corrected chi connectivity index (χ0v) is 21.4. The van der Waals surface area contributed by atoms with Crippen LogP contribution in [0.25, 0.3) is 0 Å². The smallest absolute Gasteiger partial charge is 0.305 e. The highest BCUT2D eigenvalue weighted by atomic mass is 19.3. The summed E-state index contributed by atoms with van der Waals surface area (Å²) >= 11 is 0. The molecule has 1 N–H and O–H groups in total. The minimum atomic E-state index is -2.68. The highest BCUT2D eigenvalue weighted by Crippen LogP contribution is 2.68. The Morgan fingerprint density at radius 1 is 1.18 bits per heavy atom. The number of phenols is 1. The molecular weight excluding hydrogens is 422 g/mol. The van der Waals surface area contributed by atoms with Gasteiger partial charge in [-0.2, -0.15) is 0 Å². The number of phenolic OH excluding ortho intramolecular Hbond substituents is 1. The van der Waals surface area contributed by atoms with Crippen molar-refractivity contribution in [2.45, 2.75) is 91.4 Å². The van der Waals surface area contributed by atoms with E-state index in [2.05, 4.69) is 13.2 Å². The van der Waals surface area contributed by atoms with Crippen LogP contribution in [0, 0.1) is 23.2 Å². The van der Waals surface area contributed by atoms with Crippen LogP contribution in [0.3, 0.4) is 0 Å². The van der Waals surface area contributed by atoms with Crippen molar-refractivity contribution in [3.05, 3.63) is 42.5 Å². The van der Waals surface area contributed by atoms with E-state index in [0.717, 1.165) is 24.8 Å². The number of aromatic hydroxyl groups is 1. The number of rotatable bonds is 3. The van der Waals surface area contributed by atoms with Crippen molar-refractivity contribution in [2.24, 2.45) is 23.2 Å². The molecule has 0 amide bonds. The molecule has 0 saturated heterocycles. The van der Waals surface area contributed by atoms with Gasteiger partial charge < -0.3 is 9.84 Å². The Morgan fingerprint density at radius 2 is 1.82 bits per heavy atom. The highest BCUT2D eigenvalue weighted by Gasteiger charge is 2.67. The number of methoxy groups -OCH3 is 1. The van der Waals surface area contributed by atoms with Gasteiger partial charge in [-0.1, -0.05) is 40.7 Å². The van der Waals surface area contributed by atoms with Crippen LogP contribution >= 0.6 is 0 Å². The van der Waals surface area contributed by atoms with Crippen LogP contribution in [0.2, 0.25) is 0 Å². The number of carbonyl (C=O) groups excluding carboxylic acids is 1. The average molecular weight is 467 g/mol. The summed E-state index contributed by atoms with van der Waals surface area (Å²) in [5, 5.41) is 9.79. The molecular formula is C28H44F2O3. The number of hydrogen-bond acceptors (Lipinski definition) is 3. The maximum absolute atomic E-state index is 15.1. The number of hydrogen-bond donors (Lipinski definition) is 1. The summed E-state index contributed by atoms with van der Waals surface area (Å²) in [5.41, 5.74) is 1.41. The SMILES string of the molecule is C=C.CC.CC.COC(=O)CCC1CC(F)(F)C2(C)CCC3c4ccc(O)cc4CCC3C12. The van der Waals surface area contributed by atoms with E-state index in [-0.39, 0.29) is 48.2 Å². The molecule has 5 atom stereocenters. The minimum absolute atomic E-state index is 0.0714. The van der Waals surface area contributed by atoms with Crippen molar-refractivity contribution in [1.82, 2.24) is 0 Å². The number of carbonyl (C=O) groups is 1. The van der Waals surface area contributed by atoms with Crippen LogP contribution in [-0.2, 0) is 16.0 Å². The van der Waals surface area contributed by atoms with E-state index < -0.39 is 11.3 Å². The van der Waals surface area contributed by atoms with Crippen molar-refractivity contribution in [3.63, 3.8) is 0 Å². The Balaban J connectivity index is 0.000000841. The minimum Gasteiger partial charge on any atom is -0.508 e. The largest absolute Gasteiger partial charge is 0.508 e. The van der Waals surface area contributed by atoms with Crippen molar-refractivity contribution in [1.29, 1.82) is 0 Å². The molecule has 0 aliphatic heterocycles. The molecule has 33 heavy (non-hydrogen) atoms. The van der Waals surface area contributed by atoms with Crippen LogP contribution in [0.4, 0.5) is 8.78 Å². The summed E-state index contributed by atoms with van der Waals surface area (Å²) in [6.45, 7) is 15.8. The van der Waals surface area contributed by atoms with E-state index >= 15 is 8.78 Å². The van der Waals surface area contributed by atoms with Gasteiger partial charge in [-0.15, -0.1) is 13.2 Å². The summed E-state index contributed by atoms with van der Waals surface area (Å²) in [7, 11) is 1.35. The number of aryl methyl sites for hydroxylation is 1. The first-order valence-corrected chi connectivity index (χ1v) is 12.5. The van der Waals surface area contributed by atoms with Crippen molar-refractivity contribution < 1.29 is 23.4 Å². The van der Waals surface area contributed by atoms with E-state index in [4.69, 9.17) is 4.74 Å². The Kier molecular flexibility index (Phi) is 11.1. The normalized spacial score (nSPS) is 30.3. The molecule has 0 heterocycles. The molecule has 0 radical (unpaired) electrons. The van der Waals surface area contributed by atoms with Crippen molar-refractivity contribution >= 4 is 5.97 Å². The van der Waals surface area contributed by atoms with Gasteiger partial charge in [0, 0.05) is 18.3 Å². The Morgan fingerprint density at radius 3 is 2.42 bits per heavy atom. The number of ether oxygens (including phenoxy) is 1. The maximum atomic E-state index is 15.1. The number of fused-ring (bicyclic) bond motifs is 5. The van der Waals surface area contributed by atoms with Crippen molar-refractivity contribution in [3.8, 4) is 5.75 Å². The zero-order chi connectivity index (χ0) is 25.4. The fraction of sp³-hybridized carbons (Fsp3) is 0.679. The lowest BCUT2D eigenvalue weighted by Crippen LogP contribution is -2.47. The van der Waals surface area contributed by atoms with Crippen LogP contribution in [0.15, 0.2) is 31.4 Å². The molecule has 3 aliphatic carbocycles. The average Bonchev–Trinajstić information content (AvgIpc) is 3.05. The van der Waals surface area contributed by atoms with Crippen LogP contribution < -0.4 is 0 Å². The van der Waals surface area contributed by atoms with Gasteiger partial charge in [0.05, 0.1) is 7.11 Å². The third kappa shape index (κ3) is 5.60. The first kappa shape index (κ1) is 29.1. The van der Waals surface area contributed by atoms with Gasteiger partial charge in [-0.25, -0.2) is 8.78 Å². The molecule has 188 valence electrons. The van der Waals surface area contributed by atoms with E-state index in [0.29, 0.717) is 12.8 Å². The molecule has 5 heteroatoms. The zero-order valence-electron chi connectivity index (χ0n) is 21.4. The summed E-state index contributed by atoms with van der Waals surface area (Å²) in [6.07, 6.45) is 3.57. The fourth-order valence-corrected chi connectivity index (χ4v) is 6.49. The molecule has 0 aromatic heterocycles. The van der Waals surface area contributed by atoms with Gasteiger partial charge in [0.1, 0.15) is 5.75 Å². The third-order valence-corrected chi connectivity index (χ3v) is 7.77. The molecule has 2 saturated carbocycles. The summed E-state index contributed by atoms with van der Waals surface area (Å²) in [5.74, 6) is -2.44. The molecule has 1 aromatic carbocycles. The van der Waals surface area contributed by atoms with Gasteiger partial charge in [0.2, 0.25) is 0 Å². The lowest BCUT2D eigenvalue weighted by Gasteiger charge is -2.51. The monoisotopic (exact) mass is 466 g/mol. The van der Waals surface area contributed by atoms with Gasteiger partial charge in [0.25, 0.3) is 5.92 Å². The predicted octanol–water partition coefficient (Wildman–Crippen LogP) is 7.92. The topological polar surface area (TPSA) is 46.5 Å². The second-order valence-electron chi connectivity index (χ2n) is 8.96. The van der Waals surface area contributed by atoms with Crippen molar-refractivity contribution in [2.75, 3.05) is 7.11 Å². The molecule has 0 bridgehead atoms. The fourth-order valence-electron chi connectivity index (χ4n) is 6.49. The number of benzene rings is 1. The maximum Gasteiger partial charge on any atom is 0.305 e. The van der Waals surface area contributed by atoms with Crippen LogP contribution in [0.5, 0.6) is 5.75 Å². The summed E-state index contributed by atoms with van der Waals surface area (Å²) < 4.78 is 34.9. The molecule has 2 fully saturated rings. The number of halogens is 2. The molecule has 3 nitrogen and oxygen atoms in total. The molecule has 1 aromatic rings. The van der Waals surface area contributed by atoms with Crippen LogP contribution in [0.1, 0.15) is 90.2 Å². The van der Waals surface area contributed by atoms with E-state index in [1.54, 1.807) is 13.0 Å². The second kappa shape index (κ2) is 12.5. The van der Waals surface area contributed by atoms with E-state index in [1.165, 1.54) is 12.7 Å². The molecule has 5 unspecified atom stereocenters. The number of esters is 1. The first-order valence-electron chi connectivity index (χ1n) is 12.5. The third-order valence-electron chi connectivity index (χ3n) is 7.77. The Bertz CT molecular complexity index is 764. The number of alkyl halides is 2. The molecule has 0 spiro atoms. The van der Waals surface area contributed by atoms with Crippen LogP contribution in [-0.4, -0.2) is 24.1 Å². The standard InChI is InChI=1S/C22H28F2O3.2C2H6.C2H4/c1-21-10-9-17-16-7-5-15(25)11-13(16)3-6-18(17)20(21)14(12-22(21,23)24)4-8-19(26)27-2;3*1-2/h5,7,11,14,17-18,20,25H,3-4,6,8-10,12H2,1-2H3;2*1-2H3;1-2H2. The van der Waals surface area contributed by atoms with E-state index in [1.807, 2.05) is 39.8 Å². The van der Waals surface area contributed by atoms with Gasteiger partial charge >= 0.3 is 5.97 Å². The predicted molar refractivity (Wildman–Crippen MR) is 132 cm³/mol. The summed E-state index contributed by atoms with van der Waals surface area (Å²) in [4.78, 5) is 11.6. The lowest BCUT2D eigenvalue weighted by molar-refractivity contribution is -0.141. The Labute approximate surface area is 199 Å². The quantitative estimate of drug-likeness (QED) is 0.363. The second-order valence-corrected chi connectivity index (χ2v) is 8.96. The first-order chi connectivity index (χ1) is 15.8. The molecule has 4 rings (SSSR count). The van der Waals surface area contributed by atoms with Gasteiger partial charge in [0.15, 0.2) is 0 Å². The summed E-state index contributed by atoms with van der Waals surface area (Å²) in [6, 6.07) is 5.53. The molecule has 3 aliphatic rings. The Hall–Kier alpha value is -1.91. The lowest BCUT2D eigenvalue weighted by atomic mass is 9.53. The van der Waals surface area contributed by atoms with E-state index in [9.17, 15) is 9.90 Å². The van der Waals surface area contributed by atoms with Gasteiger partial charge in [-0.05, 0) is 79.0 Å².